The van der Waals surface area contributed by atoms with Crippen LogP contribution in [0.5, 0.6) is 0 Å². The highest BCUT2D eigenvalue weighted by Crippen LogP contribution is 2.54. The smallest absolute Gasteiger partial charge is 0.123 e. The summed E-state index contributed by atoms with van der Waals surface area (Å²) in [5, 5.41) is 9.49. The van der Waals surface area contributed by atoms with Gasteiger partial charge >= 0.3 is 0 Å². The van der Waals surface area contributed by atoms with Crippen LogP contribution in [0.1, 0.15) is 46.5 Å². The Bertz CT molecular complexity index is 193. The van der Waals surface area contributed by atoms with Crippen LogP contribution in [0.3, 0.4) is 0 Å². The van der Waals surface area contributed by atoms with Gasteiger partial charge in [-0.3, -0.25) is 0 Å². The molecule has 1 aliphatic rings. The first-order valence-electron chi connectivity index (χ1n) is 5.05. The van der Waals surface area contributed by atoms with E-state index < -0.39 is 5.60 Å². The van der Waals surface area contributed by atoms with Crippen LogP contribution in [0, 0.1) is 11.3 Å². The van der Waals surface area contributed by atoms with Gasteiger partial charge < -0.3 is 9.90 Å². The van der Waals surface area contributed by atoms with Crippen molar-refractivity contribution < 1.29 is 9.90 Å². The first kappa shape index (κ1) is 10.7. The summed E-state index contributed by atoms with van der Waals surface area (Å²) in [6.45, 7) is 5.83. The van der Waals surface area contributed by atoms with Crippen molar-refractivity contribution in [1.82, 2.24) is 0 Å². The second kappa shape index (κ2) is 3.41. The summed E-state index contributed by atoms with van der Waals surface area (Å²) < 4.78 is 0. The van der Waals surface area contributed by atoms with Crippen molar-refractivity contribution in [2.45, 2.75) is 52.1 Å². The van der Waals surface area contributed by atoms with E-state index in [0.717, 1.165) is 32.0 Å². The lowest BCUT2D eigenvalue weighted by Crippen LogP contribution is -2.18. The summed E-state index contributed by atoms with van der Waals surface area (Å²) in [6, 6.07) is 0. The highest BCUT2D eigenvalue weighted by atomic mass is 16.3. The highest BCUT2D eigenvalue weighted by Gasteiger charge is 2.48. The van der Waals surface area contributed by atoms with Crippen LogP contribution in [0.2, 0.25) is 0 Å². The largest absolute Gasteiger partial charge is 0.390 e. The number of rotatable bonds is 5. The fourth-order valence-electron chi connectivity index (χ4n) is 1.87. The second-order valence-electron chi connectivity index (χ2n) is 5.27. The average Bonchev–Trinajstić information content (AvgIpc) is 2.59. The maximum absolute atomic E-state index is 10.5. The maximum atomic E-state index is 10.5. The zero-order valence-corrected chi connectivity index (χ0v) is 8.84. The molecule has 0 aromatic heterocycles. The molecule has 1 saturated carbocycles. The molecule has 0 amide bonds. The molecule has 0 spiro atoms. The van der Waals surface area contributed by atoms with E-state index in [0.29, 0.717) is 0 Å². The van der Waals surface area contributed by atoms with Crippen LogP contribution < -0.4 is 0 Å². The molecule has 2 heteroatoms. The summed E-state index contributed by atoms with van der Waals surface area (Å²) in [7, 11) is 0. The Hall–Kier alpha value is -0.370. The Morgan fingerprint density at radius 1 is 1.62 bits per heavy atom. The number of hydrogen-bond acceptors (Lipinski definition) is 2. The van der Waals surface area contributed by atoms with E-state index in [2.05, 4.69) is 6.92 Å². The molecule has 0 unspecified atom stereocenters. The van der Waals surface area contributed by atoms with Crippen molar-refractivity contribution in [2.24, 2.45) is 11.3 Å². The van der Waals surface area contributed by atoms with Gasteiger partial charge in [-0.2, -0.15) is 0 Å². The molecule has 1 fully saturated rings. The van der Waals surface area contributed by atoms with Gasteiger partial charge in [0, 0.05) is 5.92 Å². The molecule has 0 radical (unpaired) electrons. The normalized spacial score (nSPS) is 33.1. The van der Waals surface area contributed by atoms with E-state index in [1.165, 1.54) is 0 Å². The van der Waals surface area contributed by atoms with Crippen LogP contribution >= 0.6 is 0 Å². The van der Waals surface area contributed by atoms with Crippen LogP contribution in [0.4, 0.5) is 0 Å². The third-order valence-corrected chi connectivity index (χ3v) is 3.12. The van der Waals surface area contributed by atoms with E-state index in [1.807, 2.05) is 13.8 Å². The predicted molar refractivity (Wildman–Crippen MR) is 52.4 cm³/mol. The molecule has 0 aromatic rings. The number of hydrogen-bond donors (Lipinski definition) is 1. The zero-order chi connectivity index (χ0) is 10.1. The maximum Gasteiger partial charge on any atom is 0.123 e. The summed E-state index contributed by atoms with van der Waals surface area (Å²) in [4.78, 5) is 10.5. The SMILES string of the molecule is CC(C)(O)CCC[C@]1(C)C[C@@H]1C=O. The van der Waals surface area contributed by atoms with Gasteiger partial charge in [-0.1, -0.05) is 13.3 Å². The highest BCUT2D eigenvalue weighted by molar-refractivity contribution is 5.59. The molecule has 1 rings (SSSR count). The van der Waals surface area contributed by atoms with Crippen molar-refractivity contribution in [3.05, 3.63) is 0 Å². The van der Waals surface area contributed by atoms with Crippen LogP contribution in [0.25, 0.3) is 0 Å². The molecule has 0 aliphatic heterocycles. The molecule has 2 atom stereocenters. The summed E-state index contributed by atoms with van der Waals surface area (Å²) in [5.74, 6) is 0.286. The Morgan fingerprint density at radius 3 is 2.62 bits per heavy atom. The molecule has 0 saturated heterocycles. The van der Waals surface area contributed by atoms with E-state index in [-0.39, 0.29) is 11.3 Å². The standard InChI is InChI=1S/C11H20O2/c1-10(2,13)5-4-6-11(3)7-9(11)8-12/h8-9,13H,4-7H2,1-3H3/t9-,11-/m1/s1. The van der Waals surface area contributed by atoms with Crippen molar-refractivity contribution in [3.63, 3.8) is 0 Å². The molecule has 0 bridgehead atoms. The Kier molecular flexibility index (Phi) is 2.81. The van der Waals surface area contributed by atoms with Crippen LogP contribution in [0.15, 0.2) is 0 Å². The minimum atomic E-state index is -0.554. The number of carbonyl (C=O) groups excluding carboxylic acids is 1. The Labute approximate surface area is 80.3 Å². The van der Waals surface area contributed by atoms with Crippen LogP contribution in [-0.2, 0) is 4.79 Å². The van der Waals surface area contributed by atoms with Gasteiger partial charge in [0.05, 0.1) is 5.60 Å². The van der Waals surface area contributed by atoms with Crippen molar-refractivity contribution in [2.75, 3.05) is 0 Å². The third-order valence-electron chi connectivity index (χ3n) is 3.12. The monoisotopic (exact) mass is 184 g/mol. The molecular weight excluding hydrogens is 164 g/mol. The lowest BCUT2D eigenvalue weighted by molar-refractivity contribution is -0.109. The number of aldehydes is 1. The molecule has 13 heavy (non-hydrogen) atoms. The minimum absolute atomic E-state index is 0.257. The van der Waals surface area contributed by atoms with Crippen molar-refractivity contribution in [1.29, 1.82) is 0 Å². The average molecular weight is 184 g/mol. The van der Waals surface area contributed by atoms with E-state index in [9.17, 15) is 9.90 Å². The van der Waals surface area contributed by atoms with Gasteiger partial charge in [0.15, 0.2) is 0 Å². The van der Waals surface area contributed by atoms with Gasteiger partial charge in [-0.05, 0) is 38.5 Å². The van der Waals surface area contributed by atoms with E-state index in [4.69, 9.17) is 0 Å². The molecule has 1 aliphatic carbocycles. The summed E-state index contributed by atoms with van der Waals surface area (Å²) in [5.41, 5.74) is -0.297. The lowest BCUT2D eigenvalue weighted by atomic mass is 9.94. The second-order valence-corrected chi connectivity index (χ2v) is 5.27. The predicted octanol–water partition coefficient (Wildman–Crippen LogP) is 2.15. The topological polar surface area (TPSA) is 37.3 Å². The van der Waals surface area contributed by atoms with Crippen molar-refractivity contribution >= 4 is 6.29 Å². The fraction of sp³-hybridized carbons (Fsp3) is 0.909. The molecule has 76 valence electrons. The Balaban J connectivity index is 2.18. The zero-order valence-electron chi connectivity index (χ0n) is 8.84. The van der Waals surface area contributed by atoms with Crippen LogP contribution in [-0.4, -0.2) is 17.0 Å². The Morgan fingerprint density at radius 2 is 2.23 bits per heavy atom. The van der Waals surface area contributed by atoms with Crippen molar-refractivity contribution in [3.8, 4) is 0 Å². The lowest BCUT2D eigenvalue weighted by Gasteiger charge is -2.18. The van der Waals surface area contributed by atoms with Gasteiger partial charge in [-0.25, -0.2) is 0 Å². The molecule has 2 nitrogen and oxygen atoms in total. The summed E-state index contributed by atoms with van der Waals surface area (Å²) in [6.07, 6.45) is 5.03. The minimum Gasteiger partial charge on any atom is -0.390 e. The first-order chi connectivity index (χ1) is 5.87. The van der Waals surface area contributed by atoms with Gasteiger partial charge in [0.1, 0.15) is 6.29 Å². The molecule has 0 aromatic carbocycles. The van der Waals surface area contributed by atoms with Gasteiger partial charge in [-0.15, -0.1) is 0 Å². The quantitative estimate of drug-likeness (QED) is 0.665. The van der Waals surface area contributed by atoms with E-state index >= 15 is 0 Å². The molecule has 1 N–H and O–H groups in total. The summed E-state index contributed by atoms with van der Waals surface area (Å²) >= 11 is 0. The molecular formula is C11H20O2. The fourth-order valence-corrected chi connectivity index (χ4v) is 1.87. The third kappa shape index (κ3) is 3.11. The first-order valence-corrected chi connectivity index (χ1v) is 5.05. The molecule has 0 heterocycles. The van der Waals surface area contributed by atoms with Gasteiger partial charge in [0.2, 0.25) is 0 Å². The van der Waals surface area contributed by atoms with E-state index in [1.54, 1.807) is 0 Å². The number of aliphatic hydroxyl groups is 1. The van der Waals surface area contributed by atoms with Gasteiger partial charge in [0.25, 0.3) is 0 Å². The number of carbonyl (C=O) groups is 1.